The fraction of sp³-hybridized carbons (Fsp3) is 0.133. The van der Waals surface area contributed by atoms with Crippen molar-refractivity contribution in [2.45, 2.75) is 6.18 Å². The predicted octanol–water partition coefficient (Wildman–Crippen LogP) is 5.75. The number of nitrogens with one attached hydrogen (secondary N) is 1. The molecule has 0 saturated heterocycles. The van der Waals surface area contributed by atoms with E-state index in [9.17, 15) is 23.3 Å². The van der Waals surface area contributed by atoms with E-state index in [1.54, 1.807) is 6.26 Å². The van der Waals surface area contributed by atoms with Crippen LogP contribution in [0.25, 0.3) is 0 Å². The summed E-state index contributed by atoms with van der Waals surface area (Å²) in [5.41, 5.74) is -1.15. The predicted molar refractivity (Wildman–Crippen MR) is 90.0 cm³/mol. The smallest absolute Gasteiger partial charge is 0.416 e. The highest BCUT2D eigenvalue weighted by Gasteiger charge is 2.31. The molecular formula is C15H10ClF3N2O3S. The Morgan fingerprint density at radius 2 is 1.96 bits per heavy atom. The maximum Gasteiger partial charge on any atom is 0.416 e. The fourth-order valence-electron chi connectivity index (χ4n) is 1.92. The maximum absolute atomic E-state index is 12.6. The molecule has 10 heteroatoms. The second kappa shape index (κ2) is 7.32. The standard InChI is InChI=1S/C15H10ClF3N2O3S/c1-25-14(20)10-7-9(3-4-12(10)21(22)23)24-13-5-2-8(6-11(13)16)15(17,18)19/h2-7,20H,1H3. The van der Waals surface area contributed by atoms with Crippen LogP contribution in [0.4, 0.5) is 18.9 Å². The van der Waals surface area contributed by atoms with E-state index in [1.165, 1.54) is 12.1 Å². The molecule has 0 aromatic heterocycles. The van der Waals surface area contributed by atoms with Crippen molar-refractivity contribution in [2.75, 3.05) is 6.26 Å². The van der Waals surface area contributed by atoms with Gasteiger partial charge in [-0.2, -0.15) is 13.2 Å². The number of rotatable bonds is 4. The first-order valence-corrected chi connectivity index (χ1v) is 8.19. The molecule has 0 saturated carbocycles. The Bertz CT molecular complexity index is 843. The first kappa shape index (κ1) is 19.1. The molecule has 0 aliphatic heterocycles. The van der Waals surface area contributed by atoms with Gasteiger partial charge in [0.25, 0.3) is 5.69 Å². The summed E-state index contributed by atoms with van der Waals surface area (Å²) in [6, 6.07) is 6.32. The number of benzene rings is 2. The van der Waals surface area contributed by atoms with Gasteiger partial charge in [0.05, 0.1) is 21.1 Å². The van der Waals surface area contributed by atoms with Gasteiger partial charge in [0.2, 0.25) is 0 Å². The number of nitrogens with zero attached hydrogens (tertiary/aromatic N) is 1. The van der Waals surface area contributed by atoms with Crippen LogP contribution in [0.2, 0.25) is 5.02 Å². The van der Waals surface area contributed by atoms with Crippen LogP contribution < -0.4 is 4.74 Å². The molecule has 2 aromatic rings. The maximum atomic E-state index is 12.6. The van der Waals surface area contributed by atoms with Crippen LogP contribution in [0.5, 0.6) is 11.5 Å². The number of halogens is 4. The van der Waals surface area contributed by atoms with Crippen molar-refractivity contribution in [1.82, 2.24) is 0 Å². The summed E-state index contributed by atoms with van der Waals surface area (Å²) >= 11 is 6.82. The van der Waals surface area contributed by atoms with Gasteiger partial charge in [-0.25, -0.2) is 0 Å². The van der Waals surface area contributed by atoms with Crippen LogP contribution in [0.1, 0.15) is 11.1 Å². The lowest BCUT2D eigenvalue weighted by Crippen LogP contribution is -2.04. The summed E-state index contributed by atoms with van der Waals surface area (Å²) in [4.78, 5) is 10.4. The third-order valence-electron chi connectivity index (χ3n) is 3.10. The molecule has 2 aromatic carbocycles. The number of alkyl halides is 3. The van der Waals surface area contributed by atoms with Gasteiger partial charge in [0.1, 0.15) is 16.5 Å². The van der Waals surface area contributed by atoms with Crippen LogP contribution in [0.3, 0.4) is 0 Å². The van der Waals surface area contributed by atoms with E-state index in [1.807, 2.05) is 0 Å². The third-order valence-corrected chi connectivity index (χ3v) is 4.02. The lowest BCUT2D eigenvalue weighted by atomic mass is 10.2. The first-order valence-electron chi connectivity index (χ1n) is 6.59. The zero-order valence-corrected chi connectivity index (χ0v) is 14.1. The van der Waals surface area contributed by atoms with Crippen molar-refractivity contribution >= 4 is 34.1 Å². The van der Waals surface area contributed by atoms with E-state index in [0.29, 0.717) is 0 Å². The zero-order valence-electron chi connectivity index (χ0n) is 12.6. The fourth-order valence-corrected chi connectivity index (χ4v) is 2.52. The number of hydrogen-bond acceptors (Lipinski definition) is 5. The molecule has 0 bridgehead atoms. The van der Waals surface area contributed by atoms with Gasteiger partial charge in [-0.1, -0.05) is 11.6 Å². The molecule has 2 rings (SSSR count). The molecule has 0 atom stereocenters. The number of nitro groups is 1. The van der Waals surface area contributed by atoms with Crippen molar-refractivity contribution in [1.29, 1.82) is 5.41 Å². The number of thioether (sulfide) groups is 1. The van der Waals surface area contributed by atoms with Crippen molar-refractivity contribution < 1.29 is 22.8 Å². The molecule has 0 spiro atoms. The summed E-state index contributed by atoms with van der Waals surface area (Å²) in [6.45, 7) is 0. The van der Waals surface area contributed by atoms with Crippen molar-refractivity contribution in [3.63, 3.8) is 0 Å². The van der Waals surface area contributed by atoms with Crippen LogP contribution in [-0.2, 0) is 6.18 Å². The summed E-state index contributed by atoms with van der Waals surface area (Å²) in [6.07, 6.45) is -2.94. The molecule has 5 nitrogen and oxygen atoms in total. The van der Waals surface area contributed by atoms with E-state index in [0.717, 1.165) is 36.0 Å². The third kappa shape index (κ3) is 4.43. The van der Waals surface area contributed by atoms with E-state index < -0.39 is 16.7 Å². The average Bonchev–Trinajstić information content (AvgIpc) is 2.54. The van der Waals surface area contributed by atoms with Crippen molar-refractivity contribution in [3.05, 3.63) is 62.7 Å². The summed E-state index contributed by atoms with van der Waals surface area (Å²) in [7, 11) is 0. The number of ether oxygens (including phenoxy) is 1. The van der Waals surface area contributed by atoms with Gasteiger partial charge >= 0.3 is 6.18 Å². The topological polar surface area (TPSA) is 76.2 Å². The Hall–Kier alpha value is -2.26. The van der Waals surface area contributed by atoms with Crippen molar-refractivity contribution in [3.8, 4) is 11.5 Å². The van der Waals surface area contributed by atoms with E-state index in [2.05, 4.69) is 0 Å². The lowest BCUT2D eigenvalue weighted by Gasteiger charge is -2.12. The van der Waals surface area contributed by atoms with Gasteiger partial charge in [-0.3, -0.25) is 15.5 Å². The van der Waals surface area contributed by atoms with Gasteiger partial charge in [0.15, 0.2) is 0 Å². The van der Waals surface area contributed by atoms with Gasteiger partial charge in [-0.05, 0) is 36.6 Å². The van der Waals surface area contributed by atoms with Gasteiger partial charge < -0.3 is 4.74 Å². The average molecular weight is 391 g/mol. The summed E-state index contributed by atoms with van der Waals surface area (Å²) in [5, 5.41) is 18.5. The Labute approximate surface area is 149 Å². The first-order chi connectivity index (χ1) is 11.6. The van der Waals surface area contributed by atoms with Crippen LogP contribution in [0.15, 0.2) is 36.4 Å². The molecule has 0 unspecified atom stereocenters. The second-order valence-corrected chi connectivity index (χ2v) is 5.94. The quantitative estimate of drug-likeness (QED) is 0.312. The molecule has 0 heterocycles. The number of nitro benzene ring substituents is 1. The Balaban J connectivity index is 2.38. The minimum atomic E-state index is -4.53. The highest BCUT2D eigenvalue weighted by Crippen LogP contribution is 2.37. The molecule has 132 valence electrons. The normalized spacial score (nSPS) is 11.2. The number of hydrogen-bond donors (Lipinski definition) is 1. The highest BCUT2D eigenvalue weighted by molar-refractivity contribution is 8.13. The van der Waals surface area contributed by atoms with Gasteiger partial charge in [0, 0.05) is 6.07 Å². The zero-order chi connectivity index (χ0) is 18.8. The van der Waals surface area contributed by atoms with E-state index >= 15 is 0 Å². The molecule has 0 amide bonds. The van der Waals surface area contributed by atoms with Crippen LogP contribution >= 0.6 is 23.4 Å². The molecule has 0 fully saturated rings. The summed E-state index contributed by atoms with van der Waals surface area (Å²) < 4.78 is 43.3. The Kier molecular flexibility index (Phi) is 5.58. The largest absolute Gasteiger partial charge is 0.456 e. The second-order valence-electron chi connectivity index (χ2n) is 4.71. The van der Waals surface area contributed by atoms with Crippen LogP contribution in [0, 0.1) is 15.5 Å². The molecule has 25 heavy (non-hydrogen) atoms. The SMILES string of the molecule is CSC(=N)c1cc(Oc2ccc(C(F)(F)F)cc2Cl)ccc1[N+](=O)[O-]. The van der Waals surface area contributed by atoms with Crippen molar-refractivity contribution in [2.24, 2.45) is 0 Å². The minimum absolute atomic E-state index is 0.0369. The Morgan fingerprint density at radius 1 is 1.28 bits per heavy atom. The molecular weight excluding hydrogens is 381 g/mol. The highest BCUT2D eigenvalue weighted by atomic mass is 35.5. The molecule has 0 radical (unpaired) electrons. The minimum Gasteiger partial charge on any atom is -0.456 e. The lowest BCUT2D eigenvalue weighted by molar-refractivity contribution is -0.385. The van der Waals surface area contributed by atoms with E-state index in [4.69, 9.17) is 21.7 Å². The van der Waals surface area contributed by atoms with Gasteiger partial charge in [-0.15, -0.1) is 11.8 Å². The molecule has 1 N–H and O–H groups in total. The van der Waals surface area contributed by atoms with E-state index in [-0.39, 0.29) is 32.8 Å². The monoisotopic (exact) mass is 390 g/mol. The van der Waals surface area contributed by atoms with Crippen LogP contribution in [-0.4, -0.2) is 16.2 Å². The Morgan fingerprint density at radius 3 is 2.48 bits per heavy atom. The molecule has 0 aliphatic carbocycles. The molecule has 0 aliphatic rings. The summed E-state index contributed by atoms with van der Waals surface area (Å²) in [5.74, 6) is 0.0752.